The predicted molar refractivity (Wildman–Crippen MR) is 116 cm³/mol. The summed E-state index contributed by atoms with van der Waals surface area (Å²) in [6, 6.07) is 9.33. The zero-order chi connectivity index (χ0) is 19.3. The van der Waals surface area contributed by atoms with Crippen LogP contribution in [0.15, 0.2) is 47.6 Å². The summed E-state index contributed by atoms with van der Waals surface area (Å²) >= 11 is 0. The van der Waals surface area contributed by atoms with E-state index < -0.39 is 0 Å². The molecule has 0 heterocycles. The molecule has 0 aromatic heterocycles. The van der Waals surface area contributed by atoms with Gasteiger partial charge in [0.05, 0.1) is 0 Å². The third-order valence-corrected chi connectivity index (χ3v) is 6.73. The van der Waals surface area contributed by atoms with E-state index in [1.54, 1.807) is 22.3 Å². The van der Waals surface area contributed by atoms with Gasteiger partial charge in [0.1, 0.15) is 0 Å². The van der Waals surface area contributed by atoms with Crippen LogP contribution in [0.3, 0.4) is 0 Å². The van der Waals surface area contributed by atoms with Crippen LogP contribution in [0.1, 0.15) is 50.9 Å². The quantitative estimate of drug-likeness (QED) is 0.527. The van der Waals surface area contributed by atoms with Crippen molar-refractivity contribution in [3.05, 3.63) is 92.1 Å². The second kappa shape index (κ2) is 6.82. The average Bonchev–Trinajstić information content (AvgIpc) is 3.14. The highest BCUT2D eigenvalue weighted by Gasteiger charge is 2.34. The van der Waals surface area contributed by atoms with Crippen molar-refractivity contribution >= 4 is 0 Å². The molecule has 2 bridgehead atoms. The second-order valence-corrected chi connectivity index (χ2v) is 9.04. The van der Waals surface area contributed by atoms with Crippen LogP contribution in [0.2, 0.25) is 0 Å². The minimum Gasteiger partial charge on any atom is -0.0772 e. The SMILES string of the molecule is Cc1cc(C)c(CC2=CC3CC2C=C3Cc2c(C)cc(C)cc2C)c(C)c1. The molecular weight excluding hydrogens is 324 g/mol. The van der Waals surface area contributed by atoms with E-state index in [2.05, 4.69) is 78.0 Å². The van der Waals surface area contributed by atoms with Crippen molar-refractivity contribution in [2.75, 3.05) is 0 Å². The Labute approximate surface area is 165 Å². The van der Waals surface area contributed by atoms with Crippen LogP contribution in [0.4, 0.5) is 0 Å². The molecule has 4 rings (SSSR count). The van der Waals surface area contributed by atoms with E-state index >= 15 is 0 Å². The van der Waals surface area contributed by atoms with Crippen molar-refractivity contribution in [2.45, 2.75) is 60.8 Å². The van der Waals surface area contributed by atoms with Crippen molar-refractivity contribution in [1.29, 1.82) is 0 Å². The van der Waals surface area contributed by atoms with E-state index in [1.807, 2.05) is 0 Å². The molecule has 2 aromatic carbocycles. The highest BCUT2D eigenvalue weighted by atomic mass is 14.4. The fraction of sp³-hybridized carbons (Fsp3) is 0.407. The van der Waals surface area contributed by atoms with Gasteiger partial charge < -0.3 is 0 Å². The maximum absolute atomic E-state index is 2.59. The smallest absolute Gasteiger partial charge is 0.000804 e. The molecule has 0 heteroatoms. The topological polar surface area (TPSA) is 0 Å². The minimum atomic E-state index is 0.663. The van der Waals surface area contributed by atoms with Crippen LogP contribution in [0, 0.1) is 53.4 Å². The summed E-state index contributed by atoms with van der Waals surface area (Å²) in [5.41, 5.74) is 14.9. The lowest BCUT2D eigenvalue weighted by molar-refractivity contribution is 0.685. The van der Waals surface area contributed by atoms with Gasteiger partial charge in [-0.05, 0) is 106 Å². The third kappa shape index (κ3) is 3.43. The lowest BCUT2D eigenvalue weighted by Crippen LogP contribution is -2.05. The molecule has 2 atom stereocenters. The molecular formula is C27H32. The predicted octanol–water partition coefficient (Wildman–Crippen LogP) is 6.82. The number of hydrogen-bond donors (Lipinski definition) is 0. The van der Waals surface area contributed by atoms with E-state index in [-0.39, 0.29) is 0 Å². The Balaban J connectivity index is 1.52. The second-order valence-electron chi connectivity index (χ2n) is 9.04. The Morgan fingerprint density at radius 2 is 0.926 bits per heavy atom. The Morgan fingerprint density at radius 1 is 0.593 bits per heavy atom. The largest absolute Gasteiger partial charge is 0.0772 e. The van der Waals surface area contributed by atoms with Crippen LogP contribution in [-0.4, -0.2) is 0 Å². The minimum absolute atomic E-state index is 0.663. The molecule has 2 aliphatic rings. The first-order valence-corrected chi connectivity index (χ1v) is 10.4. The van der Waals surface area contributed by atoms with Gasteiger partial charge >= 0.3 is 0 Å². The number of benzene rings is 2. The Bertz CT molecular complexity index is 842. The summed E-state index contributed by atoms with van der Waals surface area (Å²) in [7, 11) is 0. The van der Waals surface area contributed by atoms with Gasteiger partial charge in [-0.25, -0.2) is 0 Å². The number of fused-ring (bicyclic) bond motifs is 2. The Kier molecular flexibility index (Phi) is 4.62. The Morgan fingerprint density at radius 3 is 1.22 bits per heavy atom. The van der Waals surface area contributed by atoms with Crippen LogP contribution < -0.4 is 0 Å². The lowest BCUT2D eigenvalue weighted by atomic mass is 9.87. The van der Waals surface area contributed by atoms with Gasteiger partial charge in [-0.15, -0.1) is 0 Å². The molecule has 0 N–H and O–H groups in total. The van der Waals surface area contributed by atoms with Crippen molar-refractivity contribution in [1.82, 2.24) is 0 Å². The molecule has 2 aliphatic carbocycles. The van der Waals surface area contributed by atoms with Gasteiger partial charge in [0, 0.05) is 0 Å². The van der Waals surface area contributed by atoms with E-state index in [4.69, 9.17) is 0 Å². The van der Waals surface area contributed by atoms with Crippen molar-refractivity contribution in [3.63, 3.8) is 0 Å². The first kappa shape index (κ1) is 18.3. The zero-order valence-corrected chi connectivity index (χ0v) is 17.7. The molecule has 0 fully saturated rings. The Hall–Kier alpha value is -2.08. The molecule has 0 saturated heterocycles. The van der Waals surface area contributed by atoms with E-state index in [9.17, 15) is 0 Å². The van der Waals surface area contributed by atoms with Gasteiger partial charge in [0.25, 0.3) is 0 Å². The summed E-state index contributed by atoms with van der Waals surface area (Å²) in [5, 5.41) is 0. The molecule has 0 aliphatic heterocycles. The highest BCUT2D eigenvalue weighted by Crippen LogP contribution is 2.45. The number of rotatable bonds is 4. The normalized spacial score (nSPS) is 20.8. The van der Waals surface area contributed by atoms with Crippen molar-refractivity contribution in [3.8, 4) is 0 Å². The van der Waals surface area contributed by atoms with E-state index in [1.165, 1.54) is 39.8 Å². The summed E-state index contributed by atoms with van der Waals surface area (Å²) in [6.07, 6.45) is 8.75. The molecule has 2 unspecified atom stereocenters. The van der Waals surface area contributed by atoms with Crippen molar-refractivity contribution in [2.24, 2.45) is 11.8 Å². The average molecular weight is 357 g/mol. The summed E-state index contributed by atoms with van der Waals surface area (Å²) in [5.74, 6) is 1.33. The van der Waals surface area contributed by atoms with E-state index in [0.717, 1.165) is 12.8 Å². The number of hydrogen-bond acceptors (Lipinski definition) is 0. The maximum Gasteiger partial charge on any atom is -0.000804 e. The molecule has 140 valence electrons. The molecule has 0 spiro atoms. The van der Waals surface area contributed by atoms with Crippen LogP contribution in [0.5, 0.6) is 0 Å². The maximum atomic E-state index is 2.59. The first-order chi connectivity index (χ1) is 12.8. The molecule has 0 amide bonds. The van der Waals surface area contributed by atoms with Gasteiger partial charge in [-0.1, -0.05) is 58.7 Å². The molecule has 0 radical (unpaired) electrons. The highest BCUT2D eigenvalue weighted by molar-refractivity contribution is 5.47. The number of aryl methyl sites for hydroxylation is 6. The van der Waals surface area contributed by atoms with Gasteiger partial charge in [-0.3, -0.25) is 0 Å². The molecule has 27 heavy (non-hydrogen) atoms. The molecule has 2 aromatic rings. The summed E-state index contributed by atoms with van der Waals surface area (Å²) in [6.45, 7) is 13.5. The first-order valence-electron chi connectivity index (χ1n) is 10.4. The van der Waals surface area contributed by atoms with Gasteiger partial charge in [0.15, 0.2) is 0 Å². The standard InChI is InChI=1S/C27H32/c1-16-7-18(3)26(19(4)8-16)14-24-12-23-11-22(24)13-25(23)15-27-20(5)9-17(2)10-21(27)6/h7-10,12-13,22-23H,11,14-15H2,1-6H3. The number of allylic oxidation sites excluding steroid dienone is 4. The molecule has 0 saturated carbocycles. The van der Waals surface area contributed by atoms with Gasteiger partial charge in [0.2, 0.25) is 0 Å². The fourth-order valence-corrected chi connectivity index (χ4v) is 5.46. The van der Waals surface area contributed by atoms with Crippen LogP contribution >= 0.6 is 0 Å². The van der Waals surface area contributed by atoms with Crippen molar-refractivity contribution < 1.29 is 0 Å². The zero-order valence-electron chi connectivity index (χ0n) is 17.7. The summed E-state index contributed by atoms with van der Waals surface area (Å²) < 4.78 is 0. The summed E-state index contributed by atoms with van der Waals surface area (Å²) in [4.78, 5) is 0. The van der Waals surface area contributed by atoms with Gasteiger partial charge in [-0.2, -0.15) is 0 Å². The van der Waals surface area contributed by atoms with Crippen LogP contribution in [0.25, 0.3) is 0 Å². The monoisotopic (exact) mass is 356 g/mol. The third-order valence-electron chi connectivity index (χ3n) is 6.73. The van der Waals surface area contributed by atoms with E-state index in [0.29, 0.717) is 11.8 Å². The lowest BCUT2D eigenvalue weighted by Gasteiger charge is -2.18. The fourth-order valence-electron chi connectivity index (χ4n) is 5.46. The van der Waals surface area contributed by atoms with Crippen LogP contribution in [-0.2, 0) is 12.8 Å². The molecule has 0 nitrogen and oxygen atoms in total.